The van der Waals surface area contributed by atoms with Gasteiger partial charge in [0, 0.05) is 31.0 Å². The monoisotopic (exact) mass is 641 g/mol. The Bertz CT molecular complexity index is 1410. The van der Waals surface area contributed by atoms with Gasteiger partial charge < -0.3 is 25.7 Å². The van der Waals surface area contributed by atoms with Crippen molar-refractivity contribution in [2.45, 2.75) is 115 Å². The molecular weight excluding hydrogens is 593 g/mol. The van der Waals surface area contributed by atoms with E-state index in [2.05, 4.69) is 16.0 Å². The number of rotatable bonds is 12. The lowest BCUT2D eigenvalue weighted by Crippen LogP contribution is -2.64. The molecule has 0 aliphatic carbocycles. The number of hydrogen-bond acceptors (Lipinski definition) is 6. The summed E-state index contributed by atoms with van der Waals surface area (Å²) in [5.74, 6) is -2.46. The first kappa shape index (κ1) is 34.9. The number of piperidine rings is 1. The van der Waals surface area contributed by atoms with Gasteiger partial charge in [-0.05, 0) is 56.1 Å². The molecule has 2 unspecified atom stereocenters. The molecule has 0 bridgehead atoms. The number of halogens is 1. The molecule has 252 valence electrons. The highest BCUT2D eigenvalue weighted by atomic mass is 19.1. The van der Waals surface area contributed by atoms with Crippen molar-refractivity contribution in [1.82, 2.24) is 25.6 Å². The summed E-state index contributed by atoms with van der Waals surface area (Å²) in [7, 11) is 1.54. The first-order valence-corrected chi connectivity index (χ1v) is 16.6. The Kier molecular flexibility index (Phi) is 12.2. The summed E-state index contributed by atoms with van der Waals surface area (Å²) in [6, 6.07) is 3.80. The van der Waals surface area contributed by atoms with Crippen molar-refractivity contribution in [3.63, 3.8) is 0 Å². The van der Waals surface area contributed by atoms with Gasteiger partial charge in [-0.3, -0.25) is 24.0 Å². The van der Waals surface area contributed by atoms with Gasteiger partial charge in [0.05, 0.1) is 5.52 Å². The summed E-state index contributed by atoms with van der Waals surface area (Å²) in [4.78, 5) is 74.4. The second kappa shape index (κ2) is 16.0. The average molecular weight is 642 g/mol. The molecule has 1 aromatic carbocycles. The lowest BCUT2D eigenvalue weighted by molar-refractivity contribution is -0.147. The largest absolute Gasteiger partial charge is 0.417 e. The second-order valence-corrected chi connectivity index (χ2v) is 12.5. The summed E-state index contributed by atoms with van der Waals surface area (Å²) in [5, 5.41) is 9.53. The maximum absolute atomic E-state index is 14.2. The molecule has 3 N–H and O–H groups in total. The molecule has 2 aliphatic rings. The van der Waals surface area contributed by atoms with Crippen LogP contribution >= 0.6 is 0 Å². The number of carbonyl (C=O) groups is 5. The number of benzene rings is 1. The van der Waals surface area contributed by atoms with Crippen molar-refractivity contribution in [3.05, 3.63) is 36.0 Å². The quantitative estimate of drug-likeness (QED) is 0.305. The highest BCUT2D eigenvalue weighted by Crippen LogP contribution is 2.24. The van der Waals surface area contributed by atoms with Crippen LogP contribution in [0.1, 0.15) is 84.1 Å². The molecule has 11 nitrogen and oxygen atoms in total. The van der Waals surface area contributed by atoms with Crippen LogP contribution in [0.3, 0.4) is 0 Å². The number of para-hydroxylation sites is 1. The third kappa shape index (κ3) is 8.06. The van der Waals surface area contributed by atoms with Crippen LogP contribution in [-0.2, 0) is 30.4 Å². The van der Waals surface area contributed by atoms with Gasteiger partial charge in [0.25, 0.3) is 0 Å². The first-order valence-electron chi connectivity index (χ1n) is 16.6. The summed E-state index contributed by atoms with van der Waals surface area (Å²) in [6.45, 7) is 5.82. The lowest BCUT2D eigenvalue weighted by Gasteiger charge is -2.39. The highest BCUT2D eigenvalue weighted by Gasteiger charge is 2.41. The van der Waals surface area contributed by atoms with Crippen LogP contribution in [0, 0.1) is 5.92 Å². The zero-order chi connectivity index (χ0) is 33.4. The molecule has 0 spiro atoms. The number of unbranched alkanes of at least 4 members (excludes halogenated alkanes) is 1. The van der Waals surface area contributed by atoms with Gasteiger partial charge >= 0.3 is 0 Å². The Morgan fingerprint density at radius 1 is 1.00 bits per heavy atom. The standard InChI is InChI=1S/C34H48FN5O6/c1-5-21(3)30-34(45)39-18-12-11-17-28(39)33(44)36-25(15-9-8-14-24(35)29(41)6-2)31(42)37-26(32(43)38-30)19-22-20-40(46-4)27-16-10-7-13-23(22)27/h7,10,13,16,20-21,24-26,28,30H,5-6,8-9,11-12,14-15,17-19H2,1-4H3,(H,36,44)(H,37,42)(H,38,43)/t21?,24?,25-,26-,28+,30-/m0/s1. The van der Waals surface area contributed by atoms with E-state index >= 15 is 0 Å². The number of Topliss-reactive ketones (excluding diaryl/α,β-unsaturated/α-hetero) is 1. The Morgan fingerprint density at radius 3 is 2.43 bits per heavy atom. The molecule has 4 amide bonds. The number of amides is 4. The maximum atomic E-state index is 14.2. The minimum absolute atomic E-state index is 0.0332. The van der Waals surface area contributed by atoms with E-state index < -0.39 is 53.8 Å². The Hall–Kier alpha value is -3.96. The van der Waals surface area contributed by atoms with Crippen molar-refractivity contribution in [1.29, 1.82) is 0 Å². The molecule has 4 rings (SSSR count). The number of fused-ring (bicyclic) bond motifs is 2. The normalized spacial score (nSPS) is 24.2. The molecule has 2 fully saturated rings. The third-order valence-corrected chi connectivity index (χ3v) is 9.41. The van der Waals surface area contributed by atoms with Crippen molar-refractivity contribution in [2.75, 3.05) is 13.7 Å². The van der Waals surface area contributed by atoms with Crippen LogP contribution in [0.25, 0.3) is 10.9 Å². The molecule has 0 saturated carbocycles. The number of alkyl halides is 1. The van der Waals surface area contributed by atoms with E-state index in [9.17, 15) is 28.4 Å². The van der Waals surface area contributed by atoms with Crippen molar-refractivity contribution >= 4 is 40.3 Å². The minimum Gasteiger partial charge on any atom is -0.417 e. The molecular formula is C34H48FN5O6. The predicted octanol–water partition coefficient (Wildman–Crippen LogP) is 3.02. The van der Waals surface area contributed by atoms with Gasteiger partial charge in [-0.15, -0.1) is 0 Å². The molecule has 0 radical (unpaired) electrons. The van der Waals surface area contributed by atoms with Crippen molar-refractivity contribution in [3.8, 4) is 0 Å². The molecule has 2 aliphatic heterocycles. The van der Waals surface area contributed by atoms with Gasteiger partial charge in [-0.25, -0.2) is 4.39 Å². The van der Waals surface area contributed by atoms with Crippen LogP contribution in [0.2, 0.25) is 0 Å². The molecule has 46 heavy (non-hydrogen) atoms. The van der Waals surface area contributed by atoms with Crippen LogP contribution in [0.4, 0.5) is 4.39 Å². The number of nitrogens with one attached hydrogen (secondary N) is 3. The highest BCUT2D eigenvalue weighted by molar-refractivity contribution is 5.98. The number of carbonyl (C=O) groups excluding carboxylic acids is 5. The number of hydrogen-bond donors (Lipinski definition) is 3. The first-order chi connectivity index (χ1) is 22.1. The van der Waals surface area contributed by atoms with E-state index in [1.54, 1.807) is 22.8 Å². The van der Waals surface area contributed by atoms with Gasteiger partial charge in [-0.1, -0.05) is 51.8 Å². The summed E-state index contributed by atoms with van der Waals surface area (Å²) < 4.78 is 15.8. The van der Waals surface area contributed by atoms with Crippen molar-refractivity contribution in [2.24, 2.45) is 5.92 Å². The van der Waals surface area contributed by atoms with E-state index in [1.165, 1.54) is 7.11 Å². The molecule has 2 saturated heterocycles. The SMILES string of the molecule is CCC(=O)C(F)CCCC[C@@H]1NC(=O)[C@H]2CCCCN2C(=O)[C@H](C(C)CC)NC(=O)[C@H](Cc2cn(OC)c3ccccc23)NC1=O. The van der Waals surface area contributed by atoms with Gasteiger partial charge in [0.2, 0.25) is 23.6 Å². The fraction of sp³-hybridized carbons (Fsp3) is 0.618. The smallest absolute Gasteiger partial charge is 0.246 e. The van der Waals surface area contributed by atoms with E-state index in [-0.39, 0.29) is 37.5 Å². The predicted molar refractivity (Wildman–Crippen MR) is 171 cm³/mol. The zero-order valence-corrected chi connectivity index (χ0v) is 27.4. The van der Waals surface area contributed by atoms with E-state index in [1.807, 2.05) is 38.1 Å². The molecule has 12 heteroatoms. The molecule has 2 aromatic rings. The summed E-state index contributed by atoms with van der Waals surface area (Å²) in [6.07, 6.45) is 3.89. The second-order valence-electron chi connectivity index (χ2n) is 12.5. The van der Waals surface area contributed by atoms with Gasteiger partial charge in [0.15, 0.2) is 12.0 Å². The maximum Gasteiger partial charge on any atom is 0.246 e. The fourth-order valence-electron chi connectivity index (χ4n) is 6.41. The van der Waals surface area contributed by atoms with Crippen molar-refractivity contribution < 1.29 is 33.2 Å². The van der Waals surface area contributed by atoms with Gasteiger partial charge in [-0.2, -0.15) is 4.73 Å². The van der Waals surface area contributed by atoms with Crippen LogP contribution in [-0.4, -0.2) is 83.0 Å². The molecule has 1 aromatic heterocycles. The number of ketones is 1. The lowest BCUT2D eigenvalue weighted by atomic mass is 9.93. The fourth-order valence-corrected chi connectivity index (χ4v) is 6.41. The minimum atomic E-state index is -1.56. The zero-order valence-electron chi connectivity index (χ0n) is 27.4. The van der Waals surface area contributed by atoms with E-state index in [0.717, 1.165) is 29.3 Å². The summed E-state index contributed by atoms with van der Waals surface area (Å²) >= 11 is 0. The summed E-state index contributed by atoms with van der Waals surface area (Å²) in [5.41, 5.74) is 1.55. The van der Waals surface area contributed by atoms with Crippen LogP contribution in [0.5, 0.6) is 0 Å². The molecule has 3 heterocycles. The molecule has 6 atom stereocenters. The van der Waals surface area contributed by atoms with E-state index in [0.29, 0.717) is 32.2 Å². The van der Waals surface area contributed by atoms with E-state index in [4.69, 9.17) is 4.84 Å². The van der Waals surface area contributed by atoms with Crippen LogP contribution < -0.4 is 20.8 Å². The third-order valence-electron chi connectivity index (χ3n) is 9.41. The van der Waals surface area contributed by atoms with Crippen LogP contribution in [0.15, 0.2) is 30.5 Å². The number of aromatic nitrogens is 1. The Labute approximate surface area is 269 Å². The Balaban J connectivity index is 1.66. The average Bonchev–Trinajstić information content (AvgIpc) is 3.43. The Morgan fingerprint density at radius 2 is 1.72 bits per heavy atom. The van der Waals surface area contributed by atoms with Gasteiger partial charge in [0.1, 0.15) is 31.3 Å². The number of nitrogens with zero attached hydrogens (tertiary/aromatic N) is 2. The topological polar surface area (TPSA) is 139 Å².